The quantitative estimate of drug-likeness (QED) is 0.612. The summed E-state index contributed by atoms with van der Waals surface area (Å²) < 4.78 is 11.7. The van der Waals surface area contributed by atoms with Gasteiger partial charge < -0.3 is 19.7 Å². The number of carbonyl (C=O) groups excluding carboxylic acids is 1. The molecule has 160 valence electrons. The molecule has 0 atom stereocenters. The Balaban J connectivity index is 1.36. The van der Waals surface area contributed by atoms with E-state index in [2.05, 4.69) is 34.6 Å². The molecule has 1 N–H and O–H groups in total. The number of amides is 2. The van der Waals surface area contributed by atoms with Crippen LogP contribution in [0.15, 0.2) is 66.9 Å². The van der Waals surface area contributed by atoms with Crippen LogP contribution in [-0.2, 0) is 12.8 Å². The van der Waals surface area contributed by atoms with Gasteiger partial charge in [-0.25, -0.2) is 9.78 Å². The number of fused-ring (bicyclic) bond motifs is 1. The molecule has 0 spiro atoms. The first kappa shape index (κ1) is 20.7. The lowest BCUT2D eigenvalue weighted by molar-refractivity contribution is 0.214. The Bertz CT molecular complexity index is 1010. The fourth-order valence-electron chi connectivity index (χ4n) is 3.59. The van der Waals surface area contributed by atoms with Crippen molar-refractivity contribution in [3.8, 4) is 17.4 Å². The van der Waals surface area contributed by atoms with Crippen molar-refractivity contribution < 1.29 is 14.3 Å². The van der Waals surface area contributed by atoms with Crippen molar-refractivity contribution in [1.29, 1.82) is 0 Å². The number of ether oxygens (including phenoxy) is 2. The minimum absolute atomic E-state index is 0.0436. The molecule has 0 saturated carbocycles. The van der Waals surface area contributed by atoms with Gasteiger partial charge >= 0.3 is 6.03 Å². The number of benzene rings is 2. The van der Waals surface area contributed by atoms with Gasteiger partial charge in [0.05, 0.1) is 18.0 Å². The Morgan fingerprint density at radius 2 is 1.58 bits per heavy atom. The molecule has 2 aromatic carbocycles. The van der Waals surface area contributed by atoms with E-state index in [9.17, 15) is 4.79 Å². The zero-order valence-electron chi connectivity index (χ0n) is 17.9. The summed E-state index contributed by atoms with van der Waals surface area (Å²) in [5.74, 6) is 1.70. The van der Waals surface area contributed by atoms with Gasteiger partial charge in [0.1, 0.15) is 0 Å². The lowest BCUT2D eigenvalue weighted by atomic mass is 10.0. The molecular formula is C25H27N3O3. The smallest absolute Gasteiger partial charge is 0.321 e. The molecule has 1 aliphatic rings. The summed E-state index contributed by atoms with van der Waals surface area (Å²) in [5.41, 5.74) is 3.27. The van der Waals surface area contributed by atoms with Crippen molar-refractivity contribution in [1.82, 2.24) is 9.88 Å². The maximum Gasteiger partial charge on any atom is 0.321 e. The van der Waals surface area contributed by atoms with Gasteiger partial charge in [0, 0.05) is 19.2 Å². The van der Waals surface area contributed by atoms with Crippen molar-refractivity contribution in [3.05, 3.63) is 78.0 Å². The minimum atomic E-state index is -0.112. The molecule has 0 aliphatic carbocycles. The van der Waals surface area contributed by atoms with Gasteiger partial charge in [-0.15, -0.1) is 0 Å². The Kier molecular flexibility index (Phi) is 6.36. The highest BCUT2D eigenvalue weighted by Crippen LogP contribution is 2.31. The van der Waals surface area contributed by atoms with Crippen LogP contribution in [-0.4, -0.2) is 35.1 Å². The number of aromatic nitrogens is 1. The predicted octanol–water partition coefficient (Wildman–Crippen LogP) is 5.29. The first-order valence-electron chi connectivity index (χ1n) is 10.6. The zero-order chi connectivity index (χ0) is 21.6. The average molecular weight is 418 g/mol. The Morgan fingerprint density at radius 1 is 0.935 bits per heavy atom. The minimum Gasteiger partial charge on any atom is -0.487 e. The predicted molar refractivity (Wildman–Crippen MR) is 121 cm³/mol. The molecule has 1 aromatic heterocycles. The number of rotatable bonds is 5. The molecule has 0 saturated heterocycles. The number of carbonyl (C=O) groups is 1. The van der Waals surface area contributed by atoms with E-state index in [1.807, 2.05) is 43.0 Å². The molecule has 6 heteroatoms. The molecule has 0 unspecified atom stereocenters. The Morgan fingerprint density at radius 3 is 2.19 bits per heavy atom. The Labute approximate surface area is 182 Å². The fourth-order valence-corrected chi connectivity index (χ4v) is 3.59. The van der Waals surface area contributed by atoms with Gasteiger partial charge in [-0.1, -0.05) is 36.4 Å². The molecule has 0 fully saturated rings. The van der Waals surface area contributed by atoms with Gasteiger partial charge in [0.2, 0.25) is 5.88 Å². The third-order valence-electron chi connectivity index (χ3n) is 5.12. The van der Waals surface area contributed by atoms with Gasteiger partial charge in [-0.3, -0.25) is 0 Å². The highest BCUT2D eigenvalue weighted by molar-refractivity contribution is 5.89. The maximum absolute atomic E-state index is 12.7. The van der Waals surface area contributed by atoms with E-state index in [-0.39, 0.29) is 12.1 Å². The van der Waals surface area contributed by atoms with E-state index in [1.165, 1.54) is 11.1 Å². The number of hydrogen-bond donors (Lipinski definition) is 1. The lowest BCUT2D eigenvalue weighted by Gasteiger charge is -2.20. The second-order valence-corrected chi connectivity index (χ2v) is 7.79. The number of nitrogens with one attached hydrogen (secondary N) is 1. The number of anilines is 1. The molecule has 2 heterocycles. The van der Waals surface area contributed by atoms with E-state index in [0.29, 0.717) is 36.2 Å². The van der Waals surface area contributed by atoms with Crippen molar-refractivity contribution in [2.45, 2.75) is 32.8 Å². The Hall–Kier alpha value is -3.54. The first-order valence-corrected chi connectivity index (χ1v) is 10.6. The summed E-state index contributed by atoms with van der Waals surface area (Å²) in [6.07, 6.45) is 3.38. The maximum atomic E-state index is 12.7. The summed E-state index contributed by atoms with van der Waals surface area (Å²) in [7, 11) is 0. The number of pyridine rings is 1. The van der Waals surface area contributed by atoms with E-state index < -0.39 is 0 Å². The summed E-state index contributed by atoms with van der Waals surface area (Å²) in [5, 5.41) is 2.94. The highest BCUT2D eigenvalue weighted by Gasteiger charge is 2.18. The van der Waals surface area contributed by atoms with Crippen molar-refractivity contribution in [2.75, 3.05) is 18.4 Å². The standard InChI is InChI=1S/C25H27N3O3/c1-18(2)30-22-9-5-6-10-23(22)31-24-12-11-21(17-26-24)27-25(29)28-15-13-19-7-3-4-8-20(19)14-16-28/h3-12,17-18H,13-16H2,1-2H3,(H,27,29). The van der Waals surface area contributed by atoms with E-state index in [4.69, 9.17) is 9.47 Å². The van der Waals surface area contributed by atoms with Crippen molar-refractivity contribution in [2.24, 2.45) is 0 Å². The van der Waals surface area contributed by atoms with Gasteiger partial charge in [-0.05, 0) is 56.0 Å². The zero-order valence-corrected chi connectivity index (χ0v) is 17.9. The molecule has 3 aromatic rings. The van der Waals surface area contributed by atoms with E-state index in [0.717, 1.165) is 12.8 Å². The number of hydrogen-bond acceptors (Lipinski definition) is 4. The second kappa shape index (κ2) is 9.51. The third kappa shape index (κ3) is 5.34. The van der Waals surface area contributed by atoms with Crippen LogP contribution in [0.3, 0.4) is 0 Å². The first-order chi connectivity index (χ1) is 15.1. The third-order valence-corrected chi connectivity index (χ3v) is 5.12. The summed E-state index contributed by atoms with van der Waals surface area (Å²) in [6.45, 7) is 5.33. The van der Waals surface area contributed by atoms with Crippen LogP contribution in [0.4, 0.5) is 10.5 Å². The number of para-hydroxylation sites is 2. The normalized spacial score (nSPS) is 13.3. The summed E-state index contributed by atoms with van der Waals surface area (Å²) in [4.78, 5) is 18.9. The molecule has 1 aliphatic heterocycles. The van der Waals surface area contributed by atoms with Crippen LogP contribution >= 0.6 is 0 Å². The van der Waals surface area contributed by atoms with Crippen LogP contribution in [0.5, 0.6) is 17.4 Å². The topological polar surface area (TPSA) is 63.7 Å². The van der Waals surface area contributed by atoms with Crippen LogP contribution in [0.25, 0.3) is 0 Å². The van der Waals surface area contributed by atoms with Crippen LogP contribution < -0.4 is 14.8 Å². The molecule has 4 rings (SSSR count). The number of urea groups is 1. The van der Waals surface area contributed by atoms with E-state index >= 15 is 0 Å². The molecular weight excluding hydrogens is 390 g/mol. The van der Waals surface area contributed by atoms with E-state index in [1.54, 1.807) is 18.3 Å². The fraction of sp³-hybridized carbons (Fsp3) is 0.280. The van der Waals surface area contributed by atoms with Gasteiger partial charge in [-0.2, -0.15) is 0 Å². The average Bonchev–Trinajstić information content (AvgIpc) is 2.99. The van der Waals surface area contributed by atoms with Gasteiger partial charge in [0.15, 0.2) is 11.5 Å². The summed E-state index contributed by atoms with van der Waals surface area (Å²) >= 11 is 0. The largest absolute Gasteiger partial charge is 0.487 e. The van der Waals surface area contributed by atoms with Crippen LogP contribution in [0, 0.1) is 0 Å². The van der Waals surface area contributed by atoms with Crippen LogP contribution in [0.1, 0.15) is 25.0 Å². The lowest BCUT2D eigenvalue weighted by Crippen LogP contribution is -2.36. The molecule has 31 heavy (non-hydrogen) atoms. The van der Waals surface area contributed by atoms with Crippen molar-refractivity contribution in [3.63, 3.8) is 0 Å². The second-order valence-electron chi connectivity index (χ2n) is 7.79. The molecule has 2 amide bonds. The molecule has 0 radical (unpaired) electrons. The highest BCUT2D eigenvalue weighted by atomic mass is 16.5. The van der Waals surface area contributed by atoms with Crippen LogP contribution in [0.2, 0.25) is 0 Å². The van der Waals surface area contributed by atoms with Gasteiger partial charge in [0.25, 0.3) is 0 Å². The molecule has 0 bridgehead atoms. The summed E-state index contributed by atoms with van der Waals surface area (Å²) in [6, 6.07) is 19.3. The number of nitrogens with zero attached hydrogens (tertiary/aromatic N) is 2. The monoisotopic (exact) mass is 417 g/mol. The van der Waals surface area contributed by atoms with Crippen molar-refractivity contribution >= 4 is 11.7 Å². The SMILES string of the molecule is CC(C)Oc1ccccc1Oc1ccc(NC(=O)N2CCc3ccccc3CC2)cn1. The molecule has 6 nitrogen and oxygen atoms in total.